The minimum atomic E-state index is -4.51. The number of esters is 1. The highest BCUT2D eigenvalue weighted by molar-refractivity contribution is 7.45. The van der Waals surface area contributed by atoms with Crippen molar-refractivity contribution in [2.75, 3.05) is 54.1 Å². The van der Waals surface area contributed by atoms with Crippen LogP contribution in [0.5, 0.6) is 0 Å². The van der Waals surface area contributed by atoms with Gasteiger partial charge in [0.2, 0.25) is 0 Å². The summed E-state index contributed by atoms with van der Waals surface area (Å²) in [6.45, 7) is 5.33. The van der Waals surface area contributed by atoms with Crippen molar-refractivity contribution in [3.63, 3.8) is 0 Å². The van der Waals surface area contributed by atoms with E-state index in [0.717, 1.165) is 57.8 Å². The van der Waals surface area contributed by atoms with Gasteiger partial charge in [-0.3, -0.25) is 9.36 Å². The molecule has 0 radical (unpaired) electrons. The number of allylic oxidation sites excluding steroid dienone is 4. The van der Waals surface area contributed by atoms with Crippen LogP contribution in [-0.2, 0) is 27.9 Å². The van der Waals surface area contributed by atoms with Crippen molar-refractivity contribution in [2.45, 2.75) is 148 Å². The Bertz CT molecular complexity index is 782. The Balaban J connectivity index is 4.32. The molecule has 0 saturated carbocycles. The summed E-state index contributed by atoms with van der Waals surface area (Å²) in [5.41, 5.74) is 0. The van der Waals surface area contributed by atoms with Gasteiger partial charge in [0.15, 0.2) is 0 Å². The van der Waals surface area contributed by atoms with Crippen LogP contribution in [0.25, 0.3) is 0 Å². The van der Waals surface area contributed by atoms with Crippen LogP contribution >= 0.6 is 7.82 Å². The molecule has 0 aromatic heterocycles. The average molecular weight is 660 g/mol. The summed E-state index contributed by atoms with van der Waals surface area (Å²) in [6, 6.07) is 0. The fourth-order valence-electron chi connectivity index (χ4n) is 4.63. The van der Waals surface area contributed by atoms with Gasteiger partial charge in [-0.25, -0.2) is 0 Å². The molecule has 0 aliphatic heterocycles. The molecule has 0 amide bonds. The molecule has 0 aromatic rings. The number of likely N-dealkylation sites (N-methyl/N-ethyl adjacent to an activating group) is 1. The molecule has 0 rings (SSSR count). The normalized spacial score (nSPS) is 14.4. The number of hydrogen-bond donors (Lipinski definition) is 0. The van der Waals surface area contributed by atoms with E-state index in [4.69, 9.17) is 18.5 Å². The number of carbonyl (C=O) groups excluding carboxylic acids is 1. The van der Waals surface area contributed by atoms with Gasteiger partial charge in [0.25, 0.3) is 7.82 Å². The maximum Gasteiger partial charge on any atom is 0.306 e. The molecule has 0 heterocycles. The number of carbonyl (C=O) groups is 1. The molecule has 266 valence electrons. The quantitative estimate of drug-likeness (QED) is 0.0228. The molecule has 0 spiro atoms. The summed E-state index contributed by atoms with van der Waals surface area (Å²) in [5, 5.41) is 0. The van der Waals surface area contributed by atoms with Gasteiger partial charge in [0, 0.05) is 13.0 Å². The van der Waals surface area contributed by atoms with E-state index in [1.165, 1.54) is 64.2 Å². The van der Waals surface area contributed by atoms with E-state index in [2.05, 4.69) is 38.2 Å². The summed E-state index contributed by atoms with van der Waals surface area (Å²) in [6.07, 6.45) is 30.4. The van der Waals surface area contributed by atoms with E-state index in [9.17, 15) is 14.3 Å². The number of phosphoric acid groups is 1. The molecule has 0 N–H and O–H groups in total. The topological polar surface area (TPSA) is 94.1 Å². The van der Waals surface area contributed by atoms with Crippen LogP contribution in [-0.4, -0.2) is 70.7 Å². The summed E-state index contributed by atoms with van der Waals surface area (Å²) in [5.74, 6) is -0.350. The number of phosphoric ester groups is 1. The lowest BCUT2D eigenvalue weighted by molar-refractivity contribution is -0.870. The highest BCUT2D eigenvalue weighted by Crippen LogP contribution is 2.38. The molecule has 0 fully saturated rings. The average Bonchev–Trinajstić information content (AvgIpc) is 2.98. The van der Waals surface area contributed by atoms with E-state index in [1.54, 1.807) is 0 Å². The van der Waals surface area contributed by atoms with Crippen molar-refractivity contribution in [1.82, 2.24) is 0 Å². The van der Waals surface area contributed by atoms with Gasteiger partial charge >= 0.3 is 5.97 Å². The van der Waals surface area contributed by atoms with Gasteiger partial charge in [-0.2, -0.15) is 0 Å². The Kier molecular flexibility index (Phi) is 29.6. The Morgan fingerprint density at radius 2 is 1.22 bits per heavy atom. The van der Waals surface area contributed by atoms with Crippen LogP contribution in [0.3, 0.4) is 0 Å². The minimum absolute atomic E-state index is 0.0243. The molecule has 0 bridgehead atoms. The van der Waals surface area contributed by atoms with E-state index in [1.807, 2.05) is 21.1 Å². The SMILES string of the molecule is CCCCC/C=C\C/C=C\CCCCCCCC(=O)OC(COCCCCCCCCCC)COP(=O)([O-])OCC[N+](C)(C)C. The fourth-order valence-corrected chi connectivity index (χ4v) is 5.36. The molecule has 2 unspecified atom stereocenters. The number of quaternary nitrogens is 1. The molecule has 2 atom stereocenters. The summed E-state index contributed by atoms with van der Waals surface area (Å²) in [7, 11) is 1.34. The van der Waals surface area contributed by atoms with Crippen molar-refractivity contribution >= 4 is 13.8 Å². The Hall–Kier alpha value is -1.02. The second kappa shape index (κ2) is 30.3. The number of nitrogens with zero attached hydrogens (tertiary/aromatic N) is 1. The second-order valence-electron chi connectivity index (χ2n) is 13.2. The third-order valence-electron chi connectivity index (χ3n) is 7.51. The van der Waals surface area contributed by atoms with Crippen LogP contribution in [0.2, 0.25) is 0 Å². The number of hydrogen-bond acceptors (Lipinski definition) is 7. The maximum absolute atomic E-state index is 12.5. The molecular formula is C36H70NO7P. The number of rotatable bonds is 33. The van der Waals surface area contributed by atoms with Crippen molar-refractivity contribution in [3.8, 4) is 0 Å². The van der Waals surface area contributed by atoms with Crippen molar-refractivity contribution < 1.29 is 37.3 Å². The van der Waals surface area contributed by atoms with Gasteiger partial charge in [0.1, 0.15) is 19.3 Å². The van der Waals surface area contributed by atoms with E-state index in [0.29, 0.717) is 24.1 Å². The lowest BCUT2D eigenvalue weighted by atomic mass is 10.1. The molecular weight excluding hydrogens is 589 g/mol. The first-order valence-corrected chi connectivity index (χ1v) is 19.5. The van der Waals surface area contributed by atoms with Crippen LogP contribution in [0, 0.1) is 0 Å². The smallest absolute Gasteiger partial charge is 0.306 e. The van der Waals surface area contributed by atoms with Crippen LogP contribution in [0.1, 0.15) is 142 Å². The lowest BCUT2D eigenvalue weighted by Gasteiger charge is -2.28. The predicted molar refractivity (Wildman–Crippen MR) is 185 cm³/mol. The number of ether oxygens (including phenoxy) is 2. The van der Waals surface area contributed by atoms with Crippen LogP contribution in [0.15, 0.2) is 24.3 Å². The zero-order chi connectivity index (χ0) is 33.5. The van der Waals surface area contributed by atoms with Gasteiger partial charge in [-0.15, -0.1) is 0 Å². The zero-order valence-electron chi connectivity index (χ0n) is 29.8. The highest BCUT2D eigenvalue weighted by Gasteiger charge is 2.20. The molecule has 9 heteroatoms. The first-order valence-electron chi connectivity index (χ1n) is 18.1. The first kappa shape index (κ1) is 44.0. The predicted octanol–water partition coefficient (Wildman–Crippen LogP) is 9.08. The van der Waals surface area contributed by atoms with E-state index < -0.39 is 13.9 Å². The lowest BCUT2D eigenvalue weighted by Crippen LogP contribution is -2.37. The van der Waals surface area contributed by atoms with E-state index in [-0.39, 0.29) is 25.8 Å². The molecule has 0 saturated heterocycles. The maximum atomic E-state index is 12.5. The van der Waals surface area contributed by atoms with Gasteiger partial charge < -0.3 is 27.9 Å². The molecule has 45 heavy (non-hydrogen) atoms. The summed E-state index contributed by atoms with van der Waals surface area (Å²) < 4.78 is 34.3. The van der Waals surface area contributed by atoms with Crippen molar-refractivity contribution in [1.29, 1.82) is 0 Å². The van der Waals surface area contributed by atoms with Crippen molar-refractivity contribution in [2.24, 2.45) is 0 Å². The minimum Gasteiger partial charge on any atom is -0.756 e. The van der Waals surface area contributed by atoms with Gasteiger partial charge in [-0.05, 0) is 44.9 Å². The monoisotopic (exact) mass is 659 g/mol. The first-order chi connectivity index (χ1) is 21.6. The standard InChI is InChI=1S/C36H70NO7P/c1-6-8-10-12-14-16-17-18-19-20-21-22-23-25-27-29-36(38)44-35(33-41-31-28-26-24-15-13-11-9-7-2)34-43-45(39,40)42-32-30-37(3,4)5/h14,16,18-19,35H,6-13,15,17,20-34H2,1-5H3/b16-14-,19-18-. The van der Waals surface area contributed by atoms with Crippen molar-refractivity contribution in [3.05, 3.63) is 24.3 Å². The van der Waals surface area contributed by atoms with E-state index >= 15 is 0 Å². The zero-order valence-corrected chi connectivity index (χ0v) is 30.7. The third-order valence-corrected chi connectivity index (χ3v) is 8.47. The fraction of sp³-hybridized carbons (Fsp3) is 0.861. The Morgan fingerprint density at radius 3 is 1.84 bits per heavy atom. The highest BCUT2D eigenvalue weighted by atomic mass is 31.2. The second-order valence-corrected chi connectivity index (χ2v) is 14.6. The summed E-state index contributed by atoms with van der Waals surface area (Å²) >= 11 is 0. The molecule has 8 nitrogen and oxygen atoms in total. The third kappa shape index (κ3) is 34.1. The molecule has 0 aromatic carbocycles. The molecule has 0 aliphatic rings. The van der Waals surface area contributed by atoms with Gasteiger partial charge in [0.05, 0.1) is 34.4 Å². The molecule has 0 aliphatic carbocycles. The largest absolute Gasteiger partial charge is 0.756 e. The van der Waals surface area contributed by atoms with Gasteiger partial charge in [-0.1, -0.05) is 115 Å². The van der Waals surface area contributed by atoms with Crippen LogP contribution in [0.4, 0.5) is 0 Å². The number of unbranched alkanes of at least 4 members (excludes halogenated alkanes) is 15. The summed E-state index contributed by atoms with van der Waals surface area (Å²) in [4.78, 5) is 24.8. The van der Waals surface area contributed by atoms with Crippen LogP contribution < -0.4 is 4.89 Å². The Labute approximate surface area is 277 Å². The Morgan fingerprint density at radius 1 is 0.689 bits per heavy atom.